The van der Waals surface area contributed by atoms with Gasteiger partial charge in [0.05, 0.1) is 27.9 Å². The number of halogens is 3. The molecule has 0 atom stereocenters. The summed E-state index contributed by atoms with van der Waals surface area (Å²) in [5.41, 5.74) is 2.92. The Morgan fingerprint density at radius 3 is 2.47 bits per heavy atom. The first-order valence-corrected chi connectivity index (χ1v) is 10.1. The molecule has 0 radical (unpaired) electrons. The minimum Gasteiger partial charge on any atom is -0.496 e. The number of carbonyl (C=O) groups is 1. The summed E-state index contributed by atoms with van der Waals surface area (Å²) in [6.07, 6.45) is 3.25. The van der Waals surface area contributed by atoms with Gasteiger partial charge in [-0.25, -0.2) is 0 Å². The second kappa shape index (κ2) is 9.56. The average Bonchev–Trinajstić information content (AvgIpc) is 3.06. The highest BCUT2D eigenvalue weighted by atomic mass is 35.5. The molecule has 1 heterocycles. The Labute approximate surface area is 189 Å². The van der Waals surface area contributed by atoms with E-state index in [0.717, 1.165) is 16.8 Å². The first kappa shape index (κ1) is 22.2. The first-order chi connectivity index (χ1) is 14.3. The van der Waals surface area contributed by atoms with E-state index in [4.69, 9.17) is 44.3 Å². The zero-order chi connectivity index (χ0) is 21.8. The maximum Gasteiger partial charge on any atom is 0.203 e. The summed E-state index contributed by atoms with van der Waals surface area (Å²) in [4.78, 5) is 12.4. The van der Waals surface area contributed by atoms with E-state index in [2.05, 4.69) is 5.10 Å². The zero-order valence-electron chi connectivity index (χ0n) is 16.6. The summed E-state index contributed by atoms with van der Waals surface area (Å²) in [5, 5.41) is 5.26. The second-order valence-corrected chi connectivity index (χ2v) is 7.77. The lowest BCUT2D eigenvalue weighted by molar-refractivity contribution is 0.103. The lowest BCUT2D eigenvalue weighted by Gasteiger charge is -2.13. The van der Waals surface area contributed by atoms with Crippen LogP contribution in [0.25, 0.3) is 6.08 Å². The Bertz CT molecular complexity index is 1120. The van der Waals surface area contributed by atoms with Crippen LogP contribution in [0.1, 0.15) is 27.3 Å². The Hall–Kier alpha value is -2.47. The van der Waals surface area contributed by atoms with E-state index in [9.17, 15) is 4.79 Å². The number of aryl methyl sites for hydroxylation is 2. The van der Waals surface area contributed by atoms with Gasteiger partial charge in [-0.3, -0.25) is 9.48 Å². The van der Waals surface area contributed by atoms with Crippen molar-refractivity contribution in [3.05, 3.63) is 80.1 Å². The predicted octanol–water partition coefficient (Wildman–Crippen LogP) is 6.17. The molecule has 3 rings (SSSR count). The predicted molar refractivity (Wildman–Crippen MR) is 120 cm³/mol. The van der Waals surface area contributed by atoms with Gasteiger partial charge in [-0.05, 0) is 42.8 Å². The van der Waals surface area contributed by atoms with Crippen LogP contribution < -0.4 is 9.47 Å². The number of ketones is 1. The monoisotopic (exact) mass is 464 g/mol. The van der Waals surface area contributed by atoms with E-state index in [1.165, 1.54) is 12.1 Å². The second-order valence-electron chi connectivity index (χ2n) is 6.55. The van der Waals surface area contributed by atoms with Gasteiger partial charge in [0.25, 0.3) is 0 Å². The van der Waals surface area contributed by atoms with Crippen LogP contribution in [0.4, 0.5) is 0 Å². The van der Waals surface area contributed by atoms with E-state index >= 15 is 0 Å². The molecule has 2 aromatic carbocycles. The highest BCUT2D eigenvalue weighted by molar-refractivity contribution is 6.43. The zero-order valence-corrected chi connectivity index (χ0v) is 18.8. The standard InChI is InChI=1S/C22H19Cl3N2O3/c1-13-8-19(27(2)26-13)20(28)6-4-14-5-7-21(29-3)15(9-14)12-30-22-11-17(24)16(23)10-18(22)25/h4-11H,12H2,1-3H3/b6-4+. The third-order valence-electron chi connectivity index (χ3n) is 4.34. The van der Waals surface area contributed by atoms with E-state index in [0.29, 0.717) is 32.3 Å². The molecule has 0 saturated carbocycles. The number of hydrogen-bond donors (Lipinski definition) is 0. The van der Waals surface area contributed by atoms with Crippen LogP contribution >= 0.6 is 34.8 Å². The molecule has 0 aliphatic heterocycles. The molecule has 0 aliphatic rings. The lowest BCUT2D eigenvalue weighted by atomic mass is 10.1. The molecule has 156 valence electrons. The van der Waals surface area contributed by atoms with Crippen molar-refractivity contribution in [2.75, 3.05) is 7.11 Å². The van der Waals surface area contributed by atoms with Gasteiger partial charge in [-0.15, -0.1) is 0 Å². The summed E-state index contributed by atoms with van der Waals surface area (Å²) >= 11 is 18.2. The fourth-order valence-electron chi connectivity index (χ4n) is 2.88. The summed E-state index contributed by atoms with van der Waals surface area (Å²) in [5.74, 6) is 0.932. The SMILES string of the molecule is COc1ccc(/C=C/C(=O)c2cc(C)nn2C)cc1COc1cc(Cl)c(Cl)cc1Cl. The Morgan fingerprint density at radius 2 is 1.80 bits per heavy atom. The van der Waals surface area contributed by atoms with Crippen LogP contribution in [0.5, 0.6) is 11.5 Å². The molecule has 30 heavy (non-hydrogen) atoms. The molecule has 0 amide bonds. The summed E-state index contributed by atoms with van der Waals surface area (Å²) in [6, 6.07) is 10.4. The normalized spacial score (nSPS) is 11.1. The van der Waals surface area contributed by atoms with Crippen molar-refractivity contribution in [3.8, 4) is 11.5 Å². The minimum absolute atomic E-state index is 0.130. The molecule has 0 spiro atoms. The molecular weight excluding hydrogens is 447 g/mol. The van der Waals surface area contributed by atoms with Gasteiger partial charge in [-0.2, -0.15) is 5.10 Å². The summed E-state index contributed by atoms with van der Waals surface area (Å²) < 4.78 is 12.8. The van der Waals surface area contributed by atoms with Crippen LogP contribution in [-0.2, 0) is 13.7 Å². The van der Waals surface area contributed by atoms with Gasteiger partial charge in [-0.1, -0.05) is 46.9 Å². The van der Waals surface area contributed by atoms with E-state index in [1.54, 1.807) is 37.0 Å². The Balaban J connectivity index is 1.79. The molecule has 0 bridgehead atoms. The summed E-state index contributed by atoms with van der Waals surface area (Å²) in [6.45, 7) is 2.04. The largest absolute Gasteiger partial charge is 0.496 e. The van der Waals surface area contributed by atoms with Crippen LogP contribution in [-0.4, -0.2) is 22.7 Å². The third-order valence-corrected chi connectivity index (χ3v) is 5.36. The van der Waals surface area contributed by atoms with E-state index in [1.807, 2.05) is 25.1 Å². The number of nitrogens with zero attached hydrogens (tertiary/aromatic N) is 2. The number of benzene rings is 2. The Morgan fingerprint density at radius 1 is 1.07 bits per heavy atom. The van der Waals surface area contributed by atoms with Gasteiger partial charge in [0.2, 0.25) is 5.78 Å². The summed E-state index contributed by atoms with van der Waals surface area (Å²) in [7, 11) is 3.32. The van der Waals surface area contributed by atoms with Crippen molar-refractivity contribution in [1.29, 1.82) is 0 Å². The maximum atomic E-state index is 12.4. The molecule has 3 aromatic rings. The van der Waals surface area contributed by atoms with Gasteiger partial charge < -0.3 is 9.47 Å². The highest BCUT2D eigenvalue weighted by Crippen LogP contribution is 2.34. The number of aromatic nitrogens is 2. The lowest BCUT2D eigenvalue weighted by Crippen LogP contribution is -2.04. The number of methoxy groups -OCH3 is 1. The van der Waals surface area contributed by atoms with Crippen molar-refractivity contribution in [2.24, 2.45) is 7.05 Å². The smallest absolute Gasteiger partial charge is 0.203 e. The quantitative estimate of drug-likeness (QED) is 0.238. The topological polar surface area (TPSA) is 53.3 Å². The van der Waals surface area contributed by atoms with Crippen molar-refractivity contribution in [1.82, 2.24) is 9.78 Å². The van der Waals surface area contributed by atoms with Crippen LogP contribution in [0, 0.1) is 6.92 Å². The van der Waals surface area contributed by atoms with Crippen molar-refractivity contribution >= 4 is 46.7 Å². The number of hydrogen-bond acceptors (Lipinski definition) is 4. The minimum atomic E-state index is -0.130. The molecule has 0 fully saturated rings. The van der Waals surface area contributed by atoms with Crippen molar-refractivity contribution in [3.63, 3.8) is 0 Å². The van der Waals surface area contributed by atoms with Crippen LogP contribution in [0.2, 0.25) is 15.1 Å². The number of allylic oxidation sites excluding steroid dienone is 1. The molecule has 0 unspecified atom stereocenters. The van der Waals surface area contributed by atoms with Crippen molar-refractivity contribution in [2.45, 2.75) is 13.5 Å². The van der Waals surface area contributed by atoms with Gasteiger partial charge in [0.15, 0.2) is 0 Å². The van der Waals surface area contributed by atoms with E-state index < -0.39 is 0 Å². The molecule has 0 N–H and O–H groups in total. The molecular formula is C22H19Cl3N2O3. The van der Waals surface area contributed by atoms with E-state index in [-0.39, 0.29) is 12.4 Å². The van der Waals surface area contributed by atoms with Gasteiger partial charge in [0, 0.05) is 18.7 Å². The average molecular weight is 466 g/mol. The third kappa shape index (κ3) is 5.17. The first-order valence-electron chi connectivity index (χ1n) is 8.95. The van der Waals surface area contributed by atoms with Crippen LogP contribution in [0.3, 0.4) is 0 Å². The fourth-order valence-corrected chi connectivity index (χ4v) is 3.48. The Kier molecular flexibility index (Phi) is 7.08. The molecule has 5 nitrogen and oxygen atoms in total. The van der Waals surface area contributed by atoms with Crippen molar-refractivity contribution < 1.29 is 14.3 Å². The highest BCUT2D eigenvalue weighted by Gasteiger charge is 2.11. The number of carbonyl (C=O) groups excluding carboxylic acids is 1. The van der Waals surface area contributed by atoms with Gasteiger partial charge >= 0.3 is 0 Å². The fraction of sp³-hybridized carbons (Fsp3) is 0.182. The maximum absolute atomic E-state index is 12.4. The van der Waals surface area contributed by atoms with Gasteiger partial charge in [0.1, 0.15) is 23.8 Å². The molecule has 8 heteroatoms. The number of rotatable bonds is 7. The molecule has 0 saturated heterocycles. The number of ether oxygens (including phenoxy) is 2. The molecule has 1 aromatic heterocycles. The molecule has 0 aliphatic carbocycles. The van der Waals surface area contributed by atoms with Crippen LogP contribution in [0.15, 0.2) is 42.5 Å².